The zero-order valence-corrected chi connectivity index (χ0v) is 18.3. The molecule has 2 aromatic heterocycles. The molecule has 0 fully saturated rings. The minimum atomic E-state index is -0.777. The van der Waals surface area contributed by atoms with Crippen LogP contribution in [0.25, 0.3) is 21.3 Å². The van der Waals surface area contributed by atoms with E-state index in [9.17, 15) is 19.2 Å². The number of benzene rings is 2. The lowest BCUT2D eigenvalue weighted by Gasteiger charge is -2.10. The molecule has 4 rings (SSSR count). The van der Waals surface area contributed by atoms with Gasteiger partial charge in [-0.3, -0.25) is 23.7 Å². The average molecular weight is 462 g/mol. The maximum atomic E-state index is 13.2. The number of nitrogens with one attached hydrogen (secondary N) is 1. The van der Waals surface area contributed by atoms with Crippen molar-refractivity contribution in [2.45, 2.75) is 13.5 Å². The standard InChI is InChI=1S/C23H19N5O4S/c1-12-2-4-13(5-3-12)17-10-33-22-19(17)23(32)28(11-26-22)9-18(29)27-16-7-14(20(24)30)6-15(8-16)21(25)31/h2-8,10-11H,9H2,1H3,(H2,24,30)(H2,25,31)(H,27,29). The van der Waals surface area contributed by atoms with E-state index in [1.807, 2.05) is 36.6 Å². The first-order chi connectivity index (χ1) is 15.7. The summed E-state index contributed by atoms with van der Waals surface area (Å²) in [5, 5.41) is 4.87. The lowest BCUT2D eigenvalue weighted by Crippen LogP contribution is -2.28. The largest absolute Gasteiger partial charge is 0.366 e. The van der Waals surface area contributed by atoms with E-state index in [-0.39, 0.29) is 28.9 Å². The molecule has 33 heavy (non-hydrogen) atoms. The number of primary amides is 2. The van der Waals surface area contributed by atoms with Gasteiger partial charge in [-0.05, 0) is 30.7 Å². The Morgan fingerprint density at radius 2 is 1.67 bits per heavy atom. The van der Waals surface area contributed by atoms with Gasteiger partial charge in [0.2, 0.25) is 17.7 Å². The van der Waals surface area contributed by atoms with Crippen LogP contribution in [0.15, 0.2) is 59.0 Å². The van der Waals surface area contributed by atoms with Gasteiger partial charge in [-0.2, -0.15) is 0 Å². The number of thiophene rings is 1. The Balaban J connectivity index is 1.64. The molecule has 166 valence electrons. The van der Waals surface area contributed by atoms with E-state index >= 15 is 0 Å². The first-order valence-corrected chi connectivity index (χ1v) is 10.7. The van der Waals surface area contributed by atoms with Gasteiger partial charge < -0.3 is 16.8 Å². The van der Waals surface area contributed by atoms with Gasteiger partial charge in [0.15, 0.2) is 0 Å². The summed E-state index contributed by atoms with van der Waals surface area (Å²) in [5.41, 5.74) is 13.1. The molecule has 0 bridgehead atoms. The van der Waals surface area contributed by atoms with Gasteiger partial charge in [-0.25, -0.2) is 4.98 Å². The number of hydrogen-bond acceptors (Lipinski definition) is 6. The predicted octanol–water partition coefficient (Wildman–Crippen LogP) is 2.27. The van der Waals surface area contributed by atoms with Crippen LogP contribution >= 0.6 is 11.3 Å². The molecule has 2 heterocycles. The molecule has 5 N–H and O–H groups in total. The number of fused-ring (bicyclic) bond motifs is 1. The smallest absolute Gasteiger partial charge is 0.263 e. The van der Waals surface area contributed by atoms with Crippen molar-refractivity contribution >= 4 is 45.0 Å². The molecule has 4 aromatic rings. The second-order valence-electron chi connectivity index (χ2n) is 7.45. The number of aromatic nitrogens is 2. The number of nitrogens with zero attached hydrogens (tertiary/aromatic N) is 2. The first-order valence-electron chi connectivity index (χ1n) is 9.81. The van der Waals surface area contributed by atoms with Crippen LogP contribution in [0.1, 0.15) is 26.3 Å². The van der Waals surface area contributed by atoms with Crippen LogP contribution in [0.4, 0.5) is 5.69 Å². The van der Waals surface area contributed by atoms with E-state index < -0.39 is 17.7 Å². The summed E-state index contributed by atoms with van der Waals surface area (Å²) >= 11 is 1.35. The topological polar surface area (TPSA) is 150 Å². The number of anilines is 1. The maximum absolute atomic E-state index is 13.2. The summed E-state index contributed by atoms with van der Waals surface area (Å²) in [6.07, 6.45) is 1.31. The second-order valence-corrected chi connectivity index (χ2v) is 8.31. The third-order valence-corrected chi connectivity index (χ3v) is 5.91. The minimum absolute atomic E-state index is 0.0165. The molecular weight excluding hydrogens is 442 g/mol. The highest BCUT2D eigenvalue weighted by Gasteiger charge is 2.16. The van der Waals surface area contributed by atoms with Gasteiger partial charge in [0.1, 0.15) is 11.4 Å². The van der Waals surface area contributed by atoms with Gasteiger partial charge in [0, 0.05) is 27.8 Å². The Hall–Kier alpha value is -4.31. The molecule has 0 unspecified atom stereocenters. The van der Waals surface area contributed by atoms with E-state index in [0.29, 0.717) is 10.2 Å². The Morgan fingerprint density at radius 1 is 1.03 bits per heavy atom. The summed E-state index contributed by atoms with van der Waals surface area (Å²) in [5.74, 6) is -2.11. The van der Waals surface area contributed by atoms with Crippen molar-refractivity contribution in [2.75, 3.05) is 5.32 Å². The van der Waals surface area contributed by atoms with Crippen LogP contribution in [0.3, 0.4) is 0 Å². The summed E-state index contributed by atoms with van der Waals surface area (Å²) in [7, 11) is 0. The molecule has 10 heteroatoms. The number of rotatable bonds is 6. The summed E-state index contributed by atoms with van der Waals surface area (Å²) in [6, 6.07) is 11.7. The minimum Gasteiger partial charge on any atom is -0.366 e. The quantitative estimate of drug-likeness (QED) is 0.402. The Morgan fingerprint density at radius 3 is 2.27 bits per heavy atom. The van der Waals surface area contributed by atoms with Gasteiger partial charge in [0.05, 0.1) is 11.7 Å². The van der Waals surface area contributed by atoms with Crippen LogP contribution in [0.2, 0.25) is 0 Å². The number of carbonyl (C=O) groups is 3. The second kappa shape index (κ2) is 8.67. The summed E-state index contributed by atoms with van der Waals surface area (Å²) in [6.45, 7) is 1.66. The van der Waals surface area contributed by atoms with Crippen molar-refractivity contribution in [3.8, 4) is 11.1 Å². The third-order valence-electron chi connectivity index (χ3n) is 5.02. The molecule has 3 amide bonds. The molecule has 0 atom stereocenters. The number of carbonyl (C=O) groups excluding carboxylic acids is 3. The third kappa shape index (κ3) is 4.51. The molecule has 0 aliphatic carbocycles. The number of aryl methyl sites for hydroxylation is 1. The zero-order valence-electron chi connectivity index (χ0n) is 17.5. The zero-order chi connectivity index (χ0) is 23.7. The van der Waals surface area contributed by atoms with Crippen molar-refractivity contribution in [2.24, 2.45) is 11.5 Å². The fourth-order valence-electron chi connectivity index (χ4n) is 3.37. The molecule has 0 saturated heterocycles. The average Bonchev–Trinajstić information content (AvgIpc) is 3.21. The molecular formula is C23H19N5O4S. The molecule has 0 spiro atoms. The SMILES string of the molecule is Cc1ccc(-c2csc3ncn(CC(=O)Nc4cc(C(N)=O)cc(C(N)=O)c4)c(=O)c23)cc1. The Bertz CT molecular complexity index is 1440. The van der Waals surface area contributed by atoms with Crippen molar-refractivity contribution in [1.82, 2.24) is 9.55 Å². The molecule has 0 aliphatic heterocycles. The van der Waals surface area contributed by atoms with E-state index in [4.69, 9.17) is 11.5 Å². The highest BCUT2D eigenvalue weighted by Crippen LogP contribution is 2.30. The maximum Gasteiger partial charge on any atom is 0.263 e. The van der Waals surface area contributed by atoms with Crippen LogP contribution < -0.4 is 22.3 Å². The molecule has 2 aromatic carbocycles. The molecule has 9 nitrogen and oxygen atoms in total. The number of amides is 3. The molecule has 0 saturated carbocycles. The number of hydrogen-bond donors (Lipinski definition) is 3. The highest BCUT2D eigenvalue weighted by molar-refractivity contribution is 7.17. The van der Waals surface area contributed by atoms with E-state index in [1.165, 1.54) is 40.4 Å². The summed E-state index contributed by atoms with van der Waals surface area (Å²) < 4.78 is 1.20. The Labute approximate surface area is 191 Å². The van der Waals surface area contributed by atoms with Crippen molar-refractivity contribution in [3.63, 3.8) is 0 Å². The monoisotopic (exact) mass is 461 g/mol. The van der Waals surface area contributed by atoms with Gasteiger partial charge in [-0.1, -0.05) is 29.8 Å². The highest BCUT2D eigenvalue weighted by atomic mass is 32.1. The van der Waals surface area contributed by atoms with Crippen LogP contribution in [0.5, 0.6) is 0 Å². The summed E-state index contributed by atoms with van der Waals surface area (Å²) in [4.78, 5) is 53.7. The number of nitrogens with two attached hydrogens (primary N) is 2. The van der Waals surface area contributed by atoms with Crippen molar-refractivity contribution in [3.05, 3.63) is 81.2 Å². The first kappa shape index (κ1) is 21.9. The van der Waals surface area contributed by atoms with E-state index in [1.54, 1.807) is 0 Å². The Kier molecular flexibility index (Phi) is 5.76. The van der Waals surface area contributed by atoms with Crippen LogP contribution in [-0.4, -0.2) is 27.3 Å². The van der Waals surface area contributed by atoms with Crippen LogP contribution in [0, 0.1) is 6.92 Å². The lowest BCUT2D eigenvalue weighted by atomic mass is 10.1. The van der Waals surface area contributed by atoms with Crippen molar-refractivity contribution < 1.29 is 14.4 Å². The van der Waals surface area contributed by atoms with Crippen LogP contribution in [-0.2, 0) is 11.3 Å². The van der Waals surface area contributed by atoms with E-state index in [0.717, 1.165) is 16.7 Å². The molecule has 0 radical (unpaired) electrons. The van der Waals surface area contributed by atoms with Gasteiger partial charge >= 0.3 is 0 Å². The molecule has 0 aliphatic rings. The lowest BCUT2D eigenvalue weighted by molar-refractivity contribution is -0.116. The fraction of sp³-hybridized carbons (Fsp3) is 0.0870. The predicted molar refractivity (Wildman–Crippen MR) is 126 cm³/mol. The van der Waals surface area contributed by atoms with Crippen molar-refractivity contribution in [1.29, 1.82) is 0 Å². The fourth-order valence-corrected chi connectivity index (χ4v) is 4.27. The van der Waals surface area contributed by atoms with Gasteiger partial charge in [-0.15, -0.1) is 11.3 Å². The van der Waals surface area contributed by atoms with E-state index in [2.05, 4.69) is 10.3 Å². The van der Waals surface area contributed by atoms with Gasteiger partial charge in [0.25, 0.3) is 5.56 Å². The normalized spacial score (nSPS) is 10.8.